The van der Waals surface area contributed by atoms with Crippen molar-refractivity contribution in [1.29, 1.82) is 0 Å². The summed E-state index contributed by atoms with van der Waals surface area (Å²) in [5.74, 6) is -9.63. The van der Waals surface area contributed by atoms with Gasteiger partial charge < -0.3 is 9.47 Å². The Morgan fingerprint density at radius 1 is 1.20 bits per heavy atom. The molecule has 2 atom stereocenters. The van der Waals surface area contributed by atoms with Gasteiger partial charge in [-0.05, 0) is 5.56 Å². The fourth-order valence-electron chi connectivity index (χ4n) is 1.98. The molecule has 0 aliphatic carbocycles. The lowest BCUT2D eigenvalue weighted by Gasteiger charge is -2.23. The molecule has 1 aromatic carbocycles. The topological polar surface area (TPSA) is 35.5 Å². The zero-order chi connectivity index (χ0) is 15.0. The summed E-state index contributed by atoms with van der Waals surface area (Å²) in [4.78, 5) is 10.6. The van der Waals surface area contributed by atoms with Crippen LogP contribution in [0.1, 0.15) is 18.6 Å². The summed E-state index contributed by atoms with van der Waals surface area (Å²) in [7, 11) is 0. The average molecular weight is 292 g/mol. The second-order valence-corrected chi connectivity index (χ2v) is 4.46. The minimum absolute atomic E-state index is 0.0532. The number of esters is 1. The third-order valence-corrected chi connectivity index (χ3v) is 3.02. The van der Waals surface area contributed by atoms with Crippen molar-refractivity contribution < 1.29 is 31.8 Å². The van der Waals surface area contributed by atoms with Crippen molar-refractivity contribution in [2.45, 2.75) is 31.0 Å². The van der Waals surface area contributed by atoms with Gasteiger partial charge in [0.25, 0.3) is 0 Å². The molecular weight excluding hydrogens is 280 g/mol. The molecule has 0 saturated carbocycles. The first-order chi connectivity index (χ1) is 9.26. The SMILES string of the molecule is CC(=O)OC[C@@H]1O[C@H](c2ccccc2)C(F)(F)C1(F)F. The summed E-state index contributed by atoms with van der Waals surface area (Å²) in [6, 6.07) is 7.04. The van der Waals surface area contributed by atoms with Gasteiger partial charge in [0.05, 0.1) is 0 Å². The summed E-state index contributed by atoms with van der Waals surface area (Å²) in [5, 5.41) is 0. The van der Waals surface area contributed by atoms with Crippen LogP contribution in [0.2, 0.25) is 0 Å². The second-order valence-electron chi connectivity index (χ2n) is 4.46. The first-order valence-corrected chi connectivity index (χ1v) is 5.86. The Balaban J connectivity index is 2.26. The molecule has 0 amide bonds. The van der Waals surface area contributed by atoms with Gasteiger partial charge >= 0.3 is 17.8 Å². The van der Waals surface area contributed by atoms with Crippen LogP contribution in [0.3, 0.4) is 0 Å². The van der Waals surface area contributed by atoms with Crippen LogP contribution in [0.25, 0.3) is 0 Å². The van der Waals surface area contributed by atoms with Crippen LogP contribution in [-0.2, 0) is 14.3 Å². The number of hydrogen-bond donors (Lipinski definition) is 0. The highest BCUT2D eigenvalue weighted by atomic mass is 19.3. The standard InChI is InChI=1S/C13H12F4O3/c1-8(18)19-7-10-12(14,15)13(16,17)11(20-10)9-5-3-2-4-6-9/h2-6,10-11H,7H2,1H3/t10-,11+/m0/s1. The maximum atomic E-state index is 13.8. The van der Waals surface area contributed by atoms with Crippen LogP contribution in [0.5, 0.6) is 0 Å². The van der Waals surface area contributed by atoms with Gasteiger partial charge in [-0.1, -0.05) is 30.3 Å². The van der Waals surface area contributed by atoms with E-state index in [2.05, 4.69) is 4.74 Å². The molecule has 1 saturated heterocycles. The van der Waals surface area contributed by atoms with Gasteiger partial charge in [0.1, 0.15) is 6.61 Å². The predicted octanol–water partition coefficient (Wildman–Crippen LogP) is 2.96. The van der Waals surface area contributed by atoms with E-state index in [4.69, 9.17) is 4.74 Å². The molecule has 0 bridgehead atoms. The van der Waals surface area contributed by atoms with Crippen LogP contribution >= 0.6 is 0 Å². The quantitative estimate of drug-likeness (QED) is 0.634. The Kier molecular flexibility index (Phi) is 3.73. The zero-order valence-electron chi connectivity index (χ0n) is 10.5. The molecule has 0 N–H and O–H groups in total. The Bertz CT molecular complexity index is 490. The van der Waals surface area contributed by atoms with E-state index in [1.165, 1.54) is 24.3 Å². The van der Waals surface area contributed by atoms with E-state index in [0.29, 0.717) is 0 Å². The minimum atomic E-state index is -4.41. The van der Waals surface area contributed by atoms with Crippen molar-refractivity contribution in [3.8, 4) is 0 Å². The third kappa shape index (κ3) is 2.37. The van der Waals surface area contributed by atoms with E-state index in [1.54, 1.807) is 6.07 Å². The number of ether oxygens (including phenoxy) is 2. The van der Waals surface area contributed by atoms with Crippen LogP contribution in [0.4, 0.5) is 17.6 Å². The summed E-state index contributed by atoms with van der Waals surface area (Å²) in [5.41, 5.74) is -0.0532. The maximum Gasteiger partial charge on any atom is 0.342 e. The Morgan fingerprint density at radius 2 is 1.80 bits per heavy atom. The first-order valence-electron chi connectivity index (χ1n) is 5.86. The summed E-state index contributed by atoms with van der Waals surface area (Å²) < 4.78 is 64.2. The molecule has 1 aromatic rings. The van der Waals surface area contributed by atoms with Crippen molar-refractivity contribution in [2.75, 3.05) is 6.61 Å². The lowest BCUT2D eigenvalue weighted by Crippen LogP contribution is -2.46. The van der Waals surface area contributed by atoms with E-state index >= 15 is 0 Å². The molecule has 1 fully saturated rings. The van der Waals surface area contributed by atoms with E-state index < -0.39 is 36.6 Å². The van der Waals surface area contributed by atoms with E-state index in [-0.39, 0.29) is 5.56 Å². The minimum Gasteiger partial charge on any atom is -0.463 e. The van der Waals surface area contributed by atoms with Gasteiger partial charge in [0.2, 0.25) is 0 Å². The van der Waals surface area contributed by atoms with Gasteiger partial charge in [-0.25, -0.2) is 0 Å². The molecule has 2 rings (SSSR count). The number of carbonyl (C=O) groups excluding carboxylic acids is 1. The molecule has 1 heterocycles. The molecule has 110 valence electrons. The van der Waals surface area contributed by atoms with Crippen molar-refractivity contribution in [3.05, 3.63) is 35.9 Å². The monoisotopic (exact) mass is 292 g/mol. The van der Waals surface area contributed by atoms with E-state index in [1.807, 2.05) is 0 Å². The van der Waals surface area contributed by atoms with Crippen LogP contribution in [0.15, 0.2) is 30.3 Å². The zero-order valence-corrected chi connectivity index (χ0v) is 10.5. The summed E-state index contributed by atoms with van der Waals surface area (Å²) in [6.07, 6.45) is -4.24. The molecule has 20 heavy (non-hydrogen) atoms. The highest BCUT2D eigenvalue weighted by molar-refractivity contribution is 5.65. The number of hydrogen-bond acceptors (Lipinski definition) is 3. The summed E-state index contributed by atoms with van der Waals surface area (Å²) in [6.45, 7) is 0.0845. The van der Waals surface area contributed by atoms with Crippen LogP contribution < -0.4 is 0 Å². The second kappa shape index (κ2) is 5.05. The highest BCUT2D eigenvalue weighted by Crippen LogP contribution is 2.54. The fraction of sp³-hybridized carbons (Fsp3) is 0.462. The molecule has 0 unspecified atom stereocenters. The molecule has 0 aromatic heterocycles. The molecule has 1 aliphatic heterocycles. The van der Waals surface area contributed by atoms with Crippen LogP contribution in [0, 0.1) is 0 Å². The Labute approximate surface area is 112 Å². The largest absolute Gasteiger partial charge is 0.463 e. The highest BCUT2D eigenvalue weighted by Gasteiger charge is 2.72. The number of rotatable bonds is 3. The number of halogens is 4. The maximum absolute atomic E-state index is 13.8. The van der Waals surface area contributed by atoms with Crippen molar-refractivity contribution in [1.82, 2.24) is 0 Å². The van der Waals surface area contributed by atoms with Crippen molar-refractivity contribution >= 4 is 5.97 Å². The van der Waals surface area contributed by atoms with Gasteiger partial charge in [-0.15, -0.1) is 0 Å². The molecule has 1 aliphatic rings. The summed E-state index contributed by atoms with van der Waals surface area (Å²) >= 11 is 0. The number of benzene rings is 1. The lowest BCUT2D eigenvalue weighted by atomic mass is 10.00. The fourth-order valence-corrected chi connectivity index (χ4v) is 1.98. The van der Waals surface area contributed by atoms with E-state index in [0.717, 1.165) is 6.92 Å². The van der Waals surface area contributed by atoms with Gasteiger partial charge in [0, 0.05) is 6.92 Å². The first kappa shape index (κ1) is 14.8. The molecular formula is C13H12F4O3. The van der Waals surface area contributed by atoms with Crippen molar-refractivity contribution in [2.24, 2.45) is 0 Å². The molecule has 3 nitrogen and oxygen atoms in total. The molecule has 7 heteroatoms. The van der Waals surface area contributed by atoms with Gasteiger partial charge in [-0.2, -0.15) is 17.6 Å². The van der Waals surface area contributed by atoms with Gasteiger partial charge in [0.15, 0.2) is 12.2 Å². The Hall–Kier alpha value is -1.63. The smallest absolute Gasteiger partial charge is 0.342 e. The average Bonchev–Trinajstić information content (AvgIpc) is 2.55. The normalized spacial score (nSPS) is 27.2. The third-order valence-electron chi connectivity index (χ3n) is 3.02. The van der Waals surface area contributed by atoms with E-state index in [9.17, 15) is 22.4 Å². The lowest BCUT2D eigenvalue weighted by molar-refractivity contribution is -0.203. The predicted molar refractivity (Wildman–Crippen MR) is 60.6 cm³/mol. The number of alkyl halides is 4. The Morgan fingerprint density at radius 3 is 2.35 bits per heavy atom. The molecule has 0 spiro atoms. The number of carbonyl (C=O) groups is 1. The van der Waals surface area contributed by atoms with Crippen molar-refractivity contribution in [3.63, 3.8) is 0 Å². The molecule has 0 radical (unpaired) electrons. The van der Waals surface area contributed by atoms with Crippen LogP contribution in [-0.4, -0.2) is 30.5 Å². The van der Waals surface area contributed by atoms with Gasteiger partial charge in [-0.3, -0.25) is 4.79 Å².